The molecule has 0 N–H and O–H groups in total. The predicted molar refractivity (Wildman–Crippen MR) is 130 cm³/mol. The first-order valence-corrected chi connectivity index (χ1v) is 12.8. The van der Waals surface area contributed by atoms with Crippen LogP contribution in [0.25, 0.3) is 11.5 Å². The topological polar surface area (TPSA) is 96.9 Å². The van der Waals surface area contributed by atoms with Crippen molar-refractivity contribution < 1.29 is 22.0 Å². The molecule has 0 atom stereocenters. The van der Waals surface area contributed by atoms with Crippen molar-refractivity contribution in [2.24, 2.45) is 0 Å². The van der Waals surface area contributed by atoms with E-state index in [2.05, 4.69) is 4.98 Å². The van der Waals surface area contributed by atoms with E-state index in [1.54, 1.807) is 41.3 Å². The minimum Gasteiger partial charge on any atom is -0.459 e. The van der Waals surface area contributed by atoms with Gasteiger partial charge in [0.1, 0.15) is 0 Å². The van der Waals surface area contributed by atoms with Crippen LogP contribution in [0, 0.1) is 13.8 Å². The third-order valence-electron chi connectivity index (χ3n) is 6.13. The molecule has 35 heavy (non-hydrogen) atoms. The van der Waals surface area contributed by atoms with Gasteiger partial charge in [-0.3, -0.25) is 4.79 Å². The summed E-state index contributed by atoms with van der Waals surface area (Å²) in [5, 5.41) is -0.120. The number of amides is 1. The molecule has 4 aromatic rings. The van der Waals surface area contributed by atoms with Crippen molar-refractivity contribution in [2.45, 2.75) is 23.8 Å². The summed E-state index contributed by atoms with van der Waals surface area (Å²) in [5.74, 6) is 0.523. The van der Waals surface area contributed by atoms with Crippen molar-refractivity contribution in [3.05, 3.63) is 83.8 Å². The minimum absolute atomic E-state index is 0.120. The third kappa shape index (κ3) is 4.35. The van der Waals surface area contributed by atoms with E-state index >= 15 is 0 Å². The van der Waals surface area contributed by atoms with Crippen LogP contribution in [0.5, 0.6) is 0 Å². The van der Waals surface area contributed by atoms with Gasteiger partial charge in [-0.15, -0.1) is 0 Å². The lowest BCUT2D eigenvalue weighted by molar-refractivity contribution is 0.0713. The van der Waals surface area contributed by atoms with Crippen molar-refractivity contribution in [3.8, 4) is 11.5 Å². The molecule has 1 amide bonds. The molecule has 1 fully saturated rings. The van der Waals surface area contributed by atoms with E-state index in [0.717, 1.165) is 16.7 Å². The number of sulfone groups is 1. The van der Waals surface area contributed by atoms with E-state index < -0.39 is 9.84 Å². The molecule has 5 rings (SSSR count). The van der Waals surface area contributed by atoms with Gasteiger partial charge >= 0.3 is 0 Å². The normalized spacial score (nSPS) is 14.3. The minimum atomic E-state index is -3.94. The summed E-state index contributed by atoms with van der Waals surface area (Å²) in [6, 6.07) is 17.5. The Bertz CT molecular complexity index is 1450. The van der Waals surface area contributed by atoms with Gasteiger partial charge in [-0.05, 0) is 49.7 Å². The Morgan fingerprint density at radius 3 is 2.29 bits per heavy atom. The fourth-order valence-electron chi connectivity index (χ4n) is 4.10. The molecular formula is C26H25N3O5S. The summed E-state index contributed by atoms with van der Waals surface area (Å²) in [4.78, 5) is 20.8. The van der Waals surface area contributed by atoms with Gasteiger partial charge in [0.2, 0.25) is 26.6 Å². The van der Waals surface area contributed by atoms with Gasteiger partial charge in [-0.25, -0.2) is 8.42 Å². The molecule has 0 spiro atoms. The lowest BCUT2D eigenvalue weighted by Gasteiger charge is -2.34. The van der Waals surface area contributed by atoms with E-state index in [0.29, 0.717) is 26.2 Å². The van der Waals surface area contributed by atoms with E-state index in [4.69, 9.17) is 8.83 Å². The predicted octanol–water partition coefficient (Wildman–Crippen LogP) is 4.35. The van der Waals surface area contributed by atoms with Crippen molar-refractivity contribution in [2.75, 3.05) is 31.1 Å². The Hall–Kier alpha value is -3.85. The van der Waals surface area contributed by atoms with E-state index in [1.165, 1.54) is 6.26 Å². The number of nitrogens with zero attached hydrogens (tertiary/aromatic N) is 3. The molecule has 0 saturated carbocycles. The number of hydrogen-bond acceptors (Lipinski definition) is 7. The molecule has 8 nitrogen and oxygen atoms in total. The largest absolute Gasteiger partial charge is 0.459 e. The average Bonchev–Trinajstić information content (AvgIpc) is 3.55. The molecule has 1 saturated heterocycles. The maximum atomic E-state index is 13.6. The average molecular weight is 492 g/mol. The van der Waals surface area contributed by atoms with Crippen LogP contribution in [0.15, 0.2) is 85.7 Å². The Balaban J connectivity index is 1.51. The quantitative estimate of drug-likeness (QED) is 0.409. The first-order valence-electron chi connectivity index (χ1n) is 11.3. The zero-order chi connectivity index (χ0) is 24.6. The number of piperazine rings is 1. The molecule has 3 heterocycles. The smallest absolute Gasteiger partial charge is 0.289 e. The Labute approximate surface area is 203 Å². The number of oxazole rings is 1. The zero-order valence-corrected chi connectivity index (χ0v) is 20.3. The summed E-state index contributed by atoms with van der Waals surface area (Å²) in [7, 11) is -3.94. The van der Waals surface area contributed by atoms with E-state index in [1.807, 2.05) is 43.0 Å². The summed E-state index contributed by atoms with van der Waals surface area (Å²) in [6.45, 7) is 5.40. The number of rotatable bonds is 5. The second kappa shape index (κ2) is 9.07. The Kier molecular flexibility index (Phi) is 5.94. The van der Waals surface area contributed by atoms with Crippen LogP contribution in [0.1, 0.15) is 21.7 Å². The summed E-state index contributed by atoms with van der Waals surface area (Å²) >= 11 is 0. The van der Waals surface area contributed by atoms with Crippen LogP contribution >= 0.6 is 0 Å². The Morgan fingerprint density at radius 1 is 0.914 bits per heavy atom. The molecule has 2 aromatic carbocycles. The second-order valence-electron chi connectivity index (χ2n) is 8.52. The standard InChI is InChI=1S/C26H25N3O5S/c1-18-9-11-20(12-10-18)35(31,32)24-26(34-23(27-24)21-7-4-3-6-19(21)2)29-15-13-28(14-16-29)25(30)22-8-5-17-33-22/h3-12,17H,13-16H2,1-2H3. The van der Waals surface area contributed by atoms with Crippen LogP contribution in [-0.2, 0) is 9.84 Å². The molecule has 0 bridgehead atoms. The van der Waals surface area contributed by atoms with Gasteiger partial charge in [0, 0.05) is 31.7 Å². The maximum Gasteiger partial charge on any atom is 0.289 e. The number of benzene rings is 2. The highest BCUT2D eigenvalue weighted by Crippen LogP contribution is 2.36. The molecule has 2 aromatic heterocycles. The third-order valence-corrected chi connectivity index (χ3v) is 7.79. The van der Waals surface area contributed by atoms with Gasteiger partial charge in [0.15, 0.2) is 5.76 Å². The fraction of sp³-hybridized carbons (Fsp3) is 0.231. The number of aromatic nitrogens is 1. The van der Waals surface area contributed by atoms with Gasteiger partial charge in [0.25, 0.3) is 5.91 Å². The van der Waals surface area contributed by atoms with Gasteiger partial charge < -0.3 is 18.6 Å². The monoisotopic (exact) mass is 491 g/mol. The molecule has 180 valence electrons. The summed E-state index contributed by atoms with van der Waals surface area (Å²) in [5.41, 5.74) is 2.61. The van der Waals surface area contributed by atoms with Gasteiger partial charge in [0.05, 0.1) is 11.2 Å². The van der Waals surface area contributed by atoms with E-state index in [9.17, 15) is 13.2 Å². The Morgan fingerprint density at radius 2 is 1.63 bits per heavy atom. The fourth-order valence-corrected chi connectivity index (χ4v) is 5.42. The molecule has 0 radical (unpaired) electrons. The van der Waals surface area contributed by atoms with Crippen LogP contribution in [-0.4, -0.2) is 50.4 Å². The number of aryl methyl sites for hydroxylation is 2. The maximum absolute atomic E-state index is 13.6. The SMILES string of the molecule is Cc1ccc(S(=O)(=O)c2nc(-c3ccccc3C)oc2N2CCN(C(=O)c3ccco3)CC2)cc1. The van der Waals surface area contributed by atoms with Gasteiger partial charge in [-0.1, -0.05) is 35.9 Å². The van der Waals surface area contributed by atoms with Gasteiger partial charge in [-0.2, -0.15) is 4.98 Å². The first kappa shape index (κ1) is 22.9. The highest BCUT2D eigenvalue weighted by Gasteiger charge is 2.34. The lowest BCUT2D eigenvalue weighted by Crippen LogP contribution is -2.49. The van der Waals surface area contributed by atoms with Crippen molar-refractivity contribution in [3.63, 3.8) is 0 Å². The number of carbonyl (C=O) groups is 1. The first-order chi connectivity index (χ1) is 16.8. The molecule has 0 unspecified atom stereocenters. The number of carbonyl (C=O) groups excluding carboxylic acids is 1. The van der Waals surface area contributed by atoms with Crippen molar-refractivity contribution in [1.29, 1.82) is 0 Å². The van der Waals surface area contributed by atoms with Crippen LogP contribution < -0.4 is 4.90 Å². The number of anilines is 1. The van der Waals surface area contributed by atoms with Crippen molar-refractivity contribution >= 4 is 21.6 Å². The molecule has 1 aliphatic rings. The second-order valence-corrected chi connectivity index (χ2v) is 10.4. The van der Waals surface area contributed by atoms with E-state index in [-0.39, 0.29) is 33.4 Å². The van der Waals surface area contributed by atoms with Crippen LogP contribution in [0.3, 0.4) is 0 Å². The van der Waals surface area contributed by atoms with Crippen LogP contribution in [0.4, 0.5) is 5.88 Å². The number of furan rings is 1. The highest BCUT2D eigenvalue weighted by molar-refractivity contribution is 7.91. The summed E-state index contributed by atoms with van der Waals surface area (Å²) in [6.07, 6.45) is 1.47. The lowest BCUT2D eigenvalue weighted by atomic mass is 10.1. The molecule has 0 aliphatic carbocycles. The zero-order valence-electron chi connectivity index (χ0n) is 19.5. The van der Waals surface area contributed by atoms with Crippen LogP contribution in [0.2, 0.25) is 0 Å². The number of hydrogen-bond donors (Lipinski definition) is 0. The summed E-state index contributed by atoms with van der Waals surface area (Å²) < 4.78 is 38.6. The molecular weight excluding hydrogens is 466 g/mol. The molecule has 9 heteroatoms. The molecule has 1 aliphatic heterocycles. The van der Waals surface area contributed by atoms with Crippen molar-refractivity contribution in [1.82, 2.24) is 9.88 Å². The highest BCUT2D eigenvalue weighted by atomic mass is 32.2.